The Balaban J connectivity index is 2.25. The third-order valence-corrected chi connectivity index (χ3v) is 2.81. The monoisotopic (exact) mass is 224 g/mol. The minimum absolute atomic E-state index is 0.691. The summed E-state index contributed by atoms with van der Waals surface area (Å²) in [6.45, 7) is 5.55. The first-order valence-corrected chi connectivity index (χ1v) is 5.92. The van der Waals surface area contributed by atoms with Crippen LogP contribution >= 0.6 is 0 Å². The molecule has 0 aliphatic carbocycles. The zero-order chi connectivity index (χ0) is 12.0. The van der Waals surface area contributed by atoms with Gasteiger partial charge in [-0.3, -0.25) is 0 Å². The van der Waals surface area contributed by atoms with Gasteiger partial charge in [0, 0.05) is 39.0 Å². The van der Waals surface area contributed by atoms with Crippen LogP contribution in [0.15, 0.2) is 12.4 Å². The van der Waals surface area contributed by atoms with Crippen LogP contribution in [0.2, 0.25) is 0 Å². The molecule has 4 nitrogen and oxygen atoms in total. The summed E-state index contributed by atoms with van der Waals surface area (Å²) < 4.78 is 2.09. The van der Waals surface area contributed by atoms with E-state index in [0.29, 0.717) is 5.92 Å². The number of hydrogen-bond acceptors (Lipinski definition) is 3. The zero-order valence-electron chi connectivity index (χ0n) is 10.9. The molecule has 1 aromatic heterocycles. The molecule has 1 aromatic rings. The second kappa shape index (κ2) is 6.66. The van der Waals surface area contributed by atoms with E-state index in [0.717, 1.165) is 31.9 Å². The van der Waals surface area contributed by atoms with Gasteiger partial charge in [0.1, 0.15) is 5.82 Å². The van der Waals surface area contributed by atoms with Gasteiger partial charge in [0.2, 0.25) is 0 Å². The molecule has 1 rings (SSSR count). The molecule has 0 bridgehead atoms. The van der Waals surface area contributed by atoms with E-state index in [2.05, 4.69) is 33.7 Å². The summed E-state index contributed by atoms with van der Waals surface area (Å²) >= 11 is 0. The first kappa shape index (κ1) is 13.2. The van der Waals surface area contributed by atoms with Crippen LogP contribution in [0.25, 0.3) is 0 Å². The second-order valence-electron chi connectivity index (χ2n) is 4.63. The fourth-order valence-electron chi connectivity index (χ4n) is 1.96. The van der Waals surface area contributed by atoms with Gasteiger partial charge < -0.3 is 14.8 Å². The van der Waals surface area contributed by atoms with Crippen LogP contribution in [0.4, 0.5) is 0 Å². The van der Waals surface area contributed by atoms with Gasteiger partial charge in [-0.25, -0.2) is 4.98 Å². The van der Waals surface area contributed by atoms with E-state index in [1.807, 2.05) is 26.5 Å². The molecule has 1 unspecified atom stereocenters. The molecule has 0 aromatic carbocycles. The van der Waals surface area contributed by atoms with Crippen molar-refractivity contribution in [2.24, 2.45) is 13.0 Å². The van der Waals surface area contributed by atoms with Crippen LogP contribution in [0.1, 0.15) is 12.7 Å². The predicted octanol–water partition coefficient (Wildman–Crippen LogP) is 0.750. The smallest absolute Gasteiger partial charge is 0.109 e. The molecule has 1 N–H and O–H groups in total. The molecular weight excluding hydrogens is 200 g/mol. The van der Waals surface area contributed by atoms with Crippen molar-refractivity contribution in [2.75, 3.05) is 33.7 Å². The number of aromatic nitrogens is 2. The van der Waals surface area contributed by atoms with Gasteiger partial charge >= 0.3 is 0 Å². The van der Waals surface area contributed by atoms with Crippen LogP contribution in [0.3, 0.4) is 0 Å². The second-order valence-corrected chi connectivity index (χ2v) is 4.63. The van der Waals surface area contributed by atoms with Crippen LogP contribution < -0.4 is 5.32 Å². The van der Waals surface area contributed by atoms with Crippen LogP contribution in [0, 0.1) is 5.92 Å². The molecule has 0 spiro atoms. The standard InChI is InChI=1S/C12H24N4/c1-11(9-13-2)10-15(3)7-5-12-14-6-8-16(12)4/h6,8,11,13H,5,7,9-10H2,1-4H3. The topological polar surface area (TPSA) is 33.1 Å². The van der Waals surface area contributed by atoms with Crippen LogP contribution in [-0.4, -0.2) is 48.2 Å². The highest BCUT2D eigenvalue weighted by atomic mass is 15.1. The van der Waals surface area contributed by atoms with Crippen LogP contribution in [-0.2, 0) is 13.5 Å². The van der Waals surface area contributed by atoms with Crippen molar-refractivity contribution in [3.05, 3.63) is 18.2 Å². The number of nitrogens with zero attached hydrogens (tertiary/aromatic N) is 3. The third-order valence-electron chi connectivity index (χ3n) is 2.81. The quantitative estimate of drug-likeness (QED) is 0.742. The number of nitrogens with one attached hydrogen (secondary N) is 1. The normalized spacial score (nSPS) is 13.3. The highest BCUT2D eigenvalue weighted by Gasteiger charge is 2.06. The van der Waals surface area contributed by atoms with Gasteiger partial charge in [-0.05, 0) is 26.6 Å². The number of rotatable bonds is 7. The highest BCUT2D eigenvalue weighted by Crippen LogP contribution is 2.00. The number of aryl methyl sites for hydroxylation is 1. The van der Waals surface area contributed by atoms with Crippen molar-refractivity contribution in [1.29, 1.82) is 0 Å². The summed E-state index contributed by atoms with van der Waals surface area (Å²) in [7, 11) is 6.23. The zero-order valence-corrected chi connectivity index (χ0v) is 10.9. The van der Waals surface area contributed by atoms with E-state index in [1.165, 1.54) is 0 Å². The van der Waals surface area contributed by atoms with Crippen LogP contribution in [0.5, 0.6) is 0 Å². The Hall–Kier alpha value is -0.870. The fourth-order valence-corrected chi connectivity index (χ4v) is 1.96. The lowest BCUT2D eigenvalue weighted by atomic mass is 10.1. The van der Waals surface area contributed by atoms with E-state index >= 15 is 0 Å². The Kier molecular flexibility index (Phi) is 5.49. The lowest BCUT2D eigenvalue weighted by Gasteiger charge is -2.20. The SMILES string of the molecule is CNCC(C)CN(C)CCc1nccn1C. The molecule has 92 valence electrons. The maximum atomic E-state index is 4.33. The van der Waals surface area contributed by atoms with Gasteiger partial charge in [0.05, 0.1) is 0 Å². The maximum absolute atomic E-state index is 4.33. The molecule has 0 aliphatic heterocycles. The van der Waals surface area contributed by atoms with Gasteiger partial charge in [0.25, 0.3) is 0 Å². The minimum atomic E-state index is 0.691. The van der Waals surface area contributed by atoms with Gasteiger partial charge in [-0.2, -0.15) is 0 Å². The summed E-state index contributed by atoms with van der Waals surface area (Å²) in [4.78, 5) is 6.70. The summed E-state index contributed by atoms with van der Waals surface area (Å²) in [6, 6.07) is 0. The highest BCUT2D eigenvalue weighted by molar-refractivity contribution is 4.91. The summed E-state index contributed by atoms with van der Waals surface area (Å²) in [6.07, 6.45) is 4.88. The first-order valence-electron chi connectivity index (χ1n) is 5.92. The average molecular weight is 224 g/mol. The number of imidazole rings is 1. The molecule has 1 atom stereocenters. The van der Waals surface area contributed by atoms with E-state index < -0.39 is 0 Å². The van der Waals surface area contributed by atoms with Crippen molar-refractivity contribution < 1.29 is 0 Å². The summed E-state index contributed by atoms with van der Waals surface area (Å²) in [5, 5.41) is 3.21. The van der Waals surface area contributed by atoms with E-state index in [1.54, 1.807) is 0 Å². The van der Waals surface area contributed by atoms with E-state index in [-0.39, 0.29) is 0 Å². The van der Waals surface area contributed by atoms with Gasteiger partial charge in [-0.15, -0.1) is 0 Å². The Morgan fingerprint density at radius 1 is 1.56 bits per heavy atom. The molecule has 0 amide bonds. The van der Waals surface area contributed by atoms with Gasteiger partial charge in [0.15, 0.2) is 0 Å². The maximum Gasteiger partial charge on any atom is 0.109 e. The molecule has 0 fully saturated rings. The molecular formula is C12H24N4. The lowest BCUT2D eigenvalue weighted by Crippen LogP contribution is -2.31. The van der Waals surface area contributed by atoms with Crippen molar-refractivity contribution in [3.63, 3.8) is 0 Å². The minimum Gasteiger partial charge on any atom is -0.338 e. The summed E-state index contributed by atoms with van der Waals surface area (Å²) in [5.41, 5.74) is 0. The van der Waals surface area contributed by atoms with E-state index in [4.69, 9.17) is 0 Å². The molecule has 4 heteroatoms. The number of likely N-dealkylation sites (N-methyl/N-ethyl adjacent to an activating group) is 1. The largest absolute Gasteiger partial charge is 0.338 e. The van der Waals surface area contributed by atoms with Crippen molar-refractivity contribution in [1.82, 2.24) is 19.8 Å². The number of hydrogen-bond donors (Lipinski definition) is 1. The van der Waals surface area contributed by atoms with E-state index in [9.17, 15) is 0 Å². The summed E-state index contributed by atoms with van der Waals surface area (Å²) in [5.74, 6) is 1.85. The third kappa shape index (κ3) is 4.33. The molecule has 0 saturated carbocycles. The molecule has 1 heterocycles. The van der Waals surface area contributed by atoms with Crippen molar-refractivity contribution >= 4 is 0 Å². The molecule has 0 radical (unpaired) electrons. The molecule has 0 aliphatic rings. The van der Waals surface area contributed by atoms with Crippen molar-refractivity contribution in [3.8, 4) is 0 Å². The average Bonchev–Trinajstić information content (AvgIpc) is 2.61. The fraction of sp³-hybridized carbons (Fsp3) is 0.750. The predicted molar refractivity (Wildman–Crippen MR) is 67.5 cm³/mol. The Morgan fingerprint density at radius 3 is 2.88 bits per heavy atom. The Labute approximate surface area is 98.7 Å². The Morgan fingerprint density at radius 2 is 2.31 bits per heavy atom. The van der Waals surface area contributed by atoms with Crippen molar-refractivity contribution in [2.45, 2.75) is 13.3 Å². The van der Waals surface area contributed by atoms with Gasteiger partial charge in [-0.1, -0.05) is 6.92 Å². The first-order chi connectivity index (χ1) is 7.63. The molecule has 16 heavy (non-hydrogen) atoms. The Bertz CT molecular complexity index is 295. The molecule has 0 saturated heterocycles. The lowest BCUT2D eigenvalue weighted by molar-refractivity contribution is 0.284.